The number of ether oxygens (including phenoxy) is 2. The topological polar surface area (TPSA) is 74.4 Å². The van der Waals surface area contributed by atoms with Gasteiger partial charge in [0, 0.05) is 17.2 Å². The standard InChI is InChI=1S/C14H12Cl2N2O3/c1-2-20-14(19)9-6-13(18-7-11(9)17)21-12-5-8(15)3-4-10(12)16/h3-7H,2,17H2,1H3. The van der Waals surface area contributed by atoms with Crippen molar-refractivity contribution in [3.05, 3.63) is 46.1 Å². The lowest BCUT2D eigenvalue weighted by molar-refractivity contribution is 0.0527. The number of nitrogens with zero attached hydrogens (tertiary/aromatic N) is 1. The van der Waals surface area contributed by atoms with Gasteiger partial charge < -0.3 is 15.2 Å². The SMILES string of the molecule is CCOC(=O)c1cc(Oc2cc(Cl)ccc2Cl)ncc1N. The highest BCUT2D eigenvalue weighted by molar-refractivity contribution is 6.34. The van der Waals surface area contributed by atoms with Gasteiger partial charge in [0.15, 0.2) is 0 Å². The zero-order valence-corrected chi connectivity index (χ0v) is 12.6. The Bertz CT molecular complexity index is 677. The molecule has 110 valence electrons. The zero-order valence-electron chi connectivity index (χ0n) is 11.1. The van der Waals surface area contributed by atoms with Crippen LogP contribution in [0.2, 0.25) is 10.0 Å². The van der Waals surface area contributed by atoms with Gasteiger partial charge in [0.1, 0.15) is 5.75 Å². The lowest BCUT2D eigenvalue weighted by Crippen LogP contribution is -2.08. The van der Waals surface area contributed by atoms with Gasteiger partial charge in [0.25, 0.3) is 0 Å². The highest BCUT2D eigenvalue weighted by atomic mass is 35.5. The van der Waals surface area contributed by atoms with Gasteiger partial charge in [-0.15, -0.1) is 0 Å². The minimum atomic E-state index is -0.542. The van der Waals surface area contributed by atoms with Gasteiger partial charge in [-0.1, -0.05) is 23.2 Å². The van der Waals surface area contributed by atoms with Crippen LogP contribution in [-0.4, -0.2) is 17.6 Å². The van der Waals surface area contributed by atoms with Crippen LogP contribution in [0.3, 0.4) is 0 Å². The number of hydrogen-bond acceptors (Lipinski definition) is 5. The van der Waals surface area contributed by atoms with Crippen LogP contribution in [0.15, 0.2) is 30.5 Å². The Morgan fingerprint density at radius 1 is 1.33 bits per heavy atom. The van der Waals surface area contributed by atoms with Crippen molar-refractivity contribution < 1.29 is 14.3 Å². The number of nitrogens with two attached hydrogens (primary N) is 1. The molecule has 2 N–H and O–H groups in total. The molecule has 0 unspecified atom stereocenters. The maximum Gasteiger partial charge on any atom is 0.340 e. The van der Waals surface area contributed by atoms with E-state index in [1.165, 1.54) is 12.3 Å². The second-order valence-corrected chi connectivity index (χ2v) is 4.85. The first kappa shape index (κ1) is 15.4. The van der Waals surface area contributed by atoms with Crippen molar-refractivity contribution in [2.45, 2.75) is 6.92 Å². The monoisotopic (exact) mass is 326 g/mol. The quantitative estimate of drug-likeness (QED) is 0.861. The Labute approximate surface area is 131 Å². The van der Waals surface area contributed by atoms with Gasteiger partial charge in [0.05, 0.1) is 29.1 Å². The number of carbonyl (C=O) groups excluding carboxylic acids is 1. The van der Waals surface area contributed by atoms with Gasteiger partial charge in [-0.3, -0.25) is 0 Å². The highest BCUT2D eigenvalue weighted by Gasteiger charge is 2.14. The molecule has 0 bridgehead atoms. The van der Waals surface area contributed by atoms with Crippen LogP contribution in [0.4, 0.5) is 5.69 Å². The predicted molar refractivity (Wildman–Crippen MR) is 81.1 cm³/mol. The first-order chi connectivity index (χ1) is 10.0. The summed E-state index contributed by atoms with van der Waals surface area (Å²) in [6, 6.07) is 6.18. The predicted octanol–water partition coefficient (Wildman–Crippen LogP) is 3.94. The molecule has 7 heteroatoms. The van der Waals surface area contributed by atoms with Crippen LogP contribution < -0.4 is 10.5 Å². The molecule has 0 saturated heterocycles. The van der Waals surface area contributed by atoms with Crippen LogP contribution in [0.25, 0.3) is 0 Å². The number of carbonyl (C=O) groups is 1. The molecule has 21 heavy (non-hydrogen) atoms. The maximum atomic E-state index is 11.8. The molecule has 0 aliphatic carbocycles. The fourth-order valence-electron chi connectivity index (χ4n) is 1.56. The van der Waals surface area contributed by atoms with Crippen molar-refractivity contribution in [2.24, 2.45) is 0 Å². The number of aromatic nitrogens is 1. The number of hydrogen-bond donors (Lipinski definition) is 1. The summed E-state index contributed by atoms with van der Waals surface area (Å²) in [5, 5.41) is 0.839. The minimum Gasteiger partial charge on any atom is -0.462 e. The molecule has 2 aromatic rings. The summed E-state index contributed by atoms with van der Waals surface area (Å²) in [7, 11) is 0. The number of nitrogen functional groups attached to an aromatic ring is 1. The van der Waals surface area contributed by atoms with E-state index < -0.39 is 5.97 Å². The van der Waals surface area contributed by atoms with E-state index in [9.17, 15) is 4.79 Å². The van der Waals surface area contributed by atoms with Gasteiger partial charge in [-0.25, -0.2) is 9.78 Å². The van der Waals surface area contributed by atoms with Crippen molar-refractivity contribution in [3.63, 3.8) is 0 Å². The second kappa shape index (κ2) is 6.65. The molecule has 0 amide bonds. The van der Waals surface area contributed by atoms with E-state index in [4.69, 9.17) is 38.4 Å². The van der Waals surface area contributed by atoms with E-state index in [1.54, 1.807) is 25.1 Å². The molecule has 0 spiro atoms. The Morgan fingerprint density at radius 3 is 2.81 bits per heavy atom. The minimum absolute atomic E-state index is 0.163. The Hall–Kier alpha value is -1.98. The molecule has 0 aliphatic rings. The molecule has 0 atom stereocenters. The summed E-state index contributed by atoms with van der Waals surface area (Å²) in [4.78, 5) is 15.7. The summed E-state index contributed by atoms with van der Waals surface area (Å²) in [5.41, 5.74) is 6.09. The molecule has 1 aromatic heterocycles. The fourth-order valence-corrected chi connectivity index (χ4v) is 1.87. The number of benzene rings is 1. The van der Waals surface area contributed by atoms with Gasteiger partial charge in [-0.2, -0.15) is 0 Å². The number of pyridine rings is 1. The average molecular weight is 327 g/mol. The lowest BCUT2D eigenvalue weighted by atomic mass is 10.2. The molecular weight excluding hydrogens is 315 g/mol. The summed E-state index contributed by atoms with van der Waals surface area (Å²) in [5.74, 6) is -0.0490. The van der Waals surface area contributed by atoms with E-state index in [0.717, 1.165) is 0 Å². The third-order valence-electron chi connectivity index (χ3n) is 2.51. The molecule has 0 radical (unpaired) electrons. The maximum absolute atomic E-state index is 11.8. The van der Waals surface area contributed by atoms with E-state index >= 15 is 0 Å². The largest absolute Gasteiger partial charge is 0.462 e. The molecule has 0 saturated carbocycles. The number of halogens is 2. The van der Waals surface area contributed by atoms with Gasteiger partial charge >= 0.3 is 5.97 Å². The summed E-state index contributed by atoms with van der Waals surface area (Å²) < 4.78 is 10.4. The molecule has 5 nitrogen and oxygen atoms in total. The number of esters is 1. The summed E-state index contributed by atoms with van der Waals surface area (Å²) >= 11 is 11.9. The molecule has 2 rings (SSSR count). The first-order valence-electron chi connectivity index (χ1n) is 6.06. The zero-order chi connectivity index (χ0) is 15.4. The van der Waals surface area contributed by atoms with E-state index in [0.29, 0.717) is 15.8 Å². The third kappa shape index (κ3) is 3.77. The van der Waals surface area contributed by atoms with Crippen molar-refractivity contribution >= 4 is 34.9 Å². The van der Waals surface area contributed by atoms with Crippen LogP contribution in [0.1, 0.15) is 17.3 Å². The van der Waals surface area contributed by atoms with Crippen molar-refractivity contribution in [2.75, 3.05) is 12.3 Å². The Balaban J connectivity index is 2.31. The molecule has 0 aliphatic heterocycles. The average Bonchev–Trinajstić information content (AvgIpc) is 2.45. The van der Waals surface area contributed by atoms with Crippen molar-refractivity contribution in [3.8, 4) is 11.6 Å². The molecule has 0 fully saturated rings. The molecule has 1 aromatic carbocycles. The van der Waals surface area contributed by atoms with E-state index in [2.05, 4.69) is 4.98 Å². The van der Waals surface area contributed by atoms with Crippen LogP contribution >= 0.6 is 23.2 Å². The van der Waals surface area contributed by atoms with Gasteiger partial charge in [0.2, 0.25) is 5.88 Å². The Kier molecular flexibility index (Phi) is 4.88. The third-order valence-corrected chi connectivity index (χ3v) is 3.06. The fraction of sp³-hybridized carbons (Fsp3) is 0.143. The van der Waals surface area contributed by atoms with Crippen LogP contribution in [0, 0.1) is 0 Å². The molecule has 1 heterocycles. The highest BCUT2D eigenvalue weighted by Crippen LogP contribution is 2.31. The van der Waals surface area contributed by atoms with E-state index in [-0.39, 0.29) is 23.7 Å². The summed E-state index contributed by atoms with van der Waals surface area (Å²) in [6.07, 6.45) is 1.32. The van der Waals surface area contributed by atoms with Gasteiger partial charge in [-0.05, 0) is 19.1 Å². The van der Waals surface area contributed by atoms with Crippen LogP contribution in [-0.2, 0) is 4.74 Å². The molecular formula is C14H12Cl2N2O3. The smallest absolute Gasteiger partial charge is 0.340 e. The van der Waals surface area contributed by atoms with Crippen molar-refractivity contribution in [1.82, 2.24) is 4.98 Å². The number of anilines is 1. The first-order valence-corrected chi connectivity index (χ1v) is 6.82. The normalized spacial score (nSPS) is 10.2. The lowest BCUT2D eigenvalue weighted by Gasteiger charge is -2.09. The summed E-state index contributed by atoms with van der Waals surface area (Å²) in [6.45, 7) is 1.95. The number of rotatable bonds is 4. The second-order valence-electron chi connectivity index (χ2n) is 4.01. The Morgan fingerprint density at radius 2 is 2.10 bits per heavy atom. The van der Waals surface area contributed by atoms with Crippen LogP contribution in [0.5, 0.6) is 11.6 Å². The van der Waals surface area contributed by atoms with Crippen molar-refractivity contribution in [1.29, 1.82) is 0 Å². The van der Waals surface area contributed by atoms with E-state index in [1.807, 2.05) is 0 Å².